The van der Waals surface area contributed by atoms with Crippen molar-refractivity contribution >= 4 is 33.6 Å². The second kappa shape index (κ2) is 11.3. The lowest BCUT2D eigenvalue weighted by Crippen LogP contribution is -2.43. The van der Waals surface area contributed by atoms with Crippen molar-refractivity contribution in [2.45, 2.75) is 49.6 Å². The molecule has 9 nitrogen and oxygen atoms in total. The predicted octanol–water partition coefficient (Wildman–Crippen LogP) is 5.32. The minimum Gasteiger partial charge on any atom is -0.461 e. The van der Waals surface area contributed by atoms with Crippen LogP contribution in [-0.2, 0) is 0 Å². The molecule has 2 aromatic heterocycles. The molecule has 0 unspecified atom stereocenters. The number of halogens is 4. The molecule has 238 valence electrons. The largest absolute Gasteiger partial charge is 0.461 e. The van der Waals surface area contributed by atoms with E-state index in [-0.39, 0.29) is 63.7 Å². The van der Waals surface area contributed by atoms with E-state index in [4.69, 9.17) is 15.9 Å². The molecule has 7 rings (SSSR count). The molecule has 13 heteroatoms. The van der Waals surface area contributed by atoms with Gasteiger partial charge < -0.3 is 19.7 Å². The molecule has 4 atom stereocenters. The summed E-state index contributed by atoms with van der Waals surface area (Å²) in [7, 11) is 3.03. The number of nitrogens with zero attached hydrogens (tertiary/aromatic N) is 5. The normalized spacial score (nSPS) is 23.7. The average molecular weight is 635 g/mol. The molecule has 3 fully saturated rings. The van der Waals surface area contributed by atoms with Gasteiger partial charge in [0.05, 0.1) is 22.5 Å². The van der Waals surface area contributed by atoms with Gasteiger partial charge in [-0.25, -0.2) is 22.4 Å². The molecular weight excluding hydrogens is 604 g/mol. The van der Waals surface area contributed by atoms with Gasteiger partial charge in [-0.05, 0) is 43.0 Å². The number of carbonyl (C=O) groups excluding carboxylic acids is 1. The van der Waals surface area contributed by atoms with E-state index in [0.29, 0.717) is 18.4 Å². The first-order valence-electron chi connectivity index (χ1n) is 15.0. The Morgan fingerprint density at radius 3 is 2.80 bits per heavy atom. The lowest BCUT2D eigenvalue weighted by Gasteiger charge is -2.31. The molecule has 2 aliphatic heterocycles. The van der Waals surface area contributed by atoms with Crippen LogP contribution in [0.2, 0.25) is 0 Å². The van der Waals surface area contributed by atoms with Crippen LogP contribution in [0, 0.1) is 24.0 Å². The highest BCUT2D eigenvalue weighted by Gasteiger charge is 2.49. The van der Waals surface area contributed by atoms with Crippen molar-refractivity contribution in [1.82, 2.24) is 25.2 Å². The van der Waals surface area contributed by atoms with Gasteiger partial charge in [0.2, 0.25) is 0 Å². The minimum atomic E-state index is -1.08. The van der Waals surface area contributed by atoms with Gasteiger partial charge in [-0.1, -0.05) is 12.0 Å². The van der Waals surface area contributed by atoms with Crippen molar-refractivity contribution in [3.8, 4) is 35.4 Å². The fourth-order valence-electron chi connectivity index (χ4n) is 6.86. The Balaban J connectivity index is 1.39. The molecule has 3 aliphatic rings. The third kappa shape index (κ3) is 5.01. The molecule has 1 saturated carbocycles. The standard InChI is InChI=1S/C33H30F4N6O3/c1-4-20-23(35)7-6-17-10-19(46-32(44)38-2)11-21(26(17)20)28-27(37)29-22(14-39-28)30(42(3)25-12-24(25)36)41-31(40-29)45-16-33-8-5-9-43(33)15-18(34)13-33/h1,6-7,10-11,14,18,24-25H,5,8-9,12-13,15-16H2,2-3H3,(H,38,44)/t18-,24+,25+,33+/m1/s1. The van der Waals surface area contributed by atoms with Gasteiger partial charge in [-0.2, -0.15) is 9.97 Å². The maximum atomic E-state index is 16.8. The van der Waals surface area contributed by atoms with E-state index < -0.39 is 41.7 Å². The summed E-state index contributed by atoms with van der Waals surface area (Å²) >= 11 is 0. The molecule has 2 aromatic carbocycles. The summed E-state index contributed by atoms with van der Waals surface area (Å²) in [4.78, 5) is 29.1. The SMILES string of the molecule is C#Cc1c(F)ccc2cc(OC(=O)NC)cc(-c3ncc4c(N(C)[C@H]5C[C@@H]5F)nc(OC[C@@]56CCCN5C[C@H](F)C6)nc4c3F)c12. The van der Waals surface area contributed by atoms with Crippen LogP contribution in [0.3, 0.4) is 0 Å². The van der Waals surface area contributed by atoms with Crippen LogP contribution in [0.15, 0.2) is 30.5 Å². The number of benzene rings is 2. The summed E-state index contributed by atoms with van der Waals surface area (Å²) in [6.07, 6.45) is 6.47. The number of fused-ring (bicyclic) bond motifs is 3. The van der Waals surface area contributed by atoms with Gasteiger partial charge >= 0.3 is 12.1 Å². The van der Waals surface area contributed by atoms with E-state index in [0.717, 1.165) is 19.4 Å². The maximum absolute atomic E-state index is 16.8. The van der Waals surface area contributed by atoms with Crippen molar-refractivity contribution in [2.75, 3.05) is 38.7 Å². The zero-order valence-corrected chi connectivity index (χ0v) is 25.1. The van der Waals surface area contributed by atoms with E-state index in [2.05, 4.69) is 31.1 Å². The second-order valence-corrected chi connectivity index (χ2v) is 12.1. The van der Waals surface area contributed by atoms with Gasteiger partial charge in [0.25, 0.3) is 0 Å². The number of hydrogen-bond donors (Lipinski definition) is 1. The summed E-state index contributed by atoms with van der Waals surface area (Å²) in [5.74, 6) is 0.988. The number of aromatic nitrogens is 3. The summed E-state index contributed by atoms with van der Waals surface area (Å²) in [6.45, 7) is 1.19. The van der Waals surface area contributed by atoms with Gasteiger partial charge in [0, 0.05) is 50.6 Å². The van der Waals surface area contributed by atoms with Gasteiger partial charge in [0.15, 0.2) is 5.82 Å². The van der Waals surface area contributed by atoms with Crippen LogP contribution >= 0.6 is 0 Å². The number of alkyl halides is 2. The zero-order chi connectivity index (χ0) is 32.3. The van der Waals surface area contributed by atoms with Crippen molar-refractivity contribution in [3.05, 3.63) is 47.7 Å². The molecule has 0 spiro atoms. The Labute approximate surface area is 261 Å². The topological polar surface area (TPSA) is 92.7 Å². The van der Waals surface area contributed by atoms with Crippen molar-refractivity contribution < 1.29 is 31.8 Å². The van der Waals surface area contributed by atoms with Gasteiger partial charge in [-0.15, -0.1) is 6.42 Å². The summed E-state index contributed by atoms with van der Waals surface area (Å²) in [5, 5.41) is 3.11. The number of nitrogens with one attached hydrogen (secondary N) is 1. The molecule has 1 amide bonds. The number of carbonyl (C=O) groups is 1. The van der Waals surface area contributed by atoms with Crippen molar-refractivity contribution in [2.24, 2.45) is 0 Å². The predicted molar refractivity (Wildman–Crippen MR) is 163 cm³/mol. The lowest BCUT2D eigenvalue weighted by atomic mass is 9.95. The smallest absolute Gasteiger partial charge is 0.412 e. The lowest BCUT2D eigenvalue weighted by molar-refractivity contribution is 0.107. The minimum absolute atomic E-state index is 0.0377. The van der Waals surface area contributed by atoms with Crippen LogP contribution < -0.4 is 19.7 Å². The molecule has 0 radical (unpaired) electrons. The van der Waals surface area contributed by atoms with E-state index in [1.807, 2.05) is 0 Å². The summed E-state index contributed by atoms with van der Waals surface area (Å²) < 4.78 is 71.7. The highest BCUT2D eigenvalue weighted by Crippen LogP contribution is 2.43. The van der Waals surface area contributed by atoms with Crippen LogP contribution in [0.1, 0.15) is 31.2 Å². The molecule has 46 heavy (non-hydrogen) atoms. The number of amides is 1. The molecule has 1 aliphatic carbocycles. The number of hydrogen-bond acceptors (Lipinski definition) is 8. The second-order valence-electron chi connectivity index (χ2n) is 12.1. The number of terminal acetylenes is 1. The molecule has 1 N–H and O–H groups in total. The molecule has 0 bridgehead atoms. The first-order valence-corrected chi connectivity index (χ1v) is 15.0. The van der Waals surface area contributed by atoms with Crippen LogP contribution in [0.4, 0.5) is 28.2 Å². The number of rotatable bonds is 7. The third-order valence-corrected chi connectivity index (χ3v) is 9.24. The molecule has 2 saturated heterocycles. The highest BCUT2D eigenvalue weighted by molar-refractivity contribution is 6.03. The number of pyridine rings is 1. The Bertz CT molecular complexity index is 1940. The Kier molecular flexibility index (Phi) is 7.35. The summed E-state index contributed by atoms with van der Waals surface area (Å²) in [6, 6.07) is 4.81. The summed E-state index contributed by atoms with van der Waals surface area (Å²) in [5.41, 5.74) is -0.991. The van der Waals surface area contributed by atoms with Crippen LogP contribution in [0.5, 0.6) is 11.8 Å². The van der Waals surface area contributed by atoms with Gasteiger partial charge in [0.1, 0.15) is 47.5 Å². The Morgan fingerprint density at radius 2 is 2.07 bits per heavy atom. The van der Waals surface area contributed by atoms with Crippen LogP contribution in [-0.4, -0.2) is 83.7 Å². The van der Waals surface area contributed by atoms with E-state index in [1.54, 1.807) is 11.9 Å². The fraction of sp³-hybridized carbons (Fsp3) is 0.394. The molecular formula is C33H30F4N6O3. The monoisotopic (exact) mass is 634 g/mol. The first kappa shape index (κ1) is 30.0. The van der Waals surface area contributed by atoms with E-state index in [1.165, 1.54) is 37.5 Å². The quantitative estimate of drug-likeness (QED) is 0.216. The fourth-order valence-corrected chi connectivity index (χ4v) is 6.86. The highest BCUT2D eigenvalue weighted by atomic mass is 19.1. The van der Waals surface area contributed by atoms with Crippen molar-refractivity contribution in [3.63, 3.8) is 0 Å². The maximum Gasteiger partial charge on any atom is 0.412 e. The van der Waals surface area contributed by atoms with E-state index in [9.17, 15) is 18.0 Å². The Morgan fingerprint density at radius 1 is 1.26 bits per heavy atom. The zero-order valence-electron chi connectivity index (χ0n) is 25.1. The molecule has 4 aromatic rings. The van der Waals surface area contributed by atoms with Crippen LogP contribution in [0.25, 0.3) is 32.9 Å². The van der Waals surface area contributed by atoms with E-state index >= 15 is 4.39 Å². The third-order valence-electron chi connectivity index (χ3n) is 9.24. The molecule has 4 heterocycles. The van der Waals surface area contributed by atoms with Gasteiger partial charge in [-0.3, -0.25) is 9.88 Å². The Hall–Kier alpha value is -4.70. The van der Waals surface area contributed by atoms with Crippen molar-refractivity contribution in [1.29, 1.82) is 0 Å². The average Bonchev–Trinajstić information content (AvgIpc) is 3.52. The first-order chi connectivity index (χ1) is 22.1. The number of ether oxygens (including phenoxy) is 2. The number of anilines is 1.